The van der Waals surface area contributed by atoms with E-state index < -0.39 is 0 Å². The summed E-state index contributed by atoms with van der Waals surface area (Å²) in [6, 6.07) is 11.6. The van der Waals surface area contributed by atoms with E-state index in [-0.39, 0.29) is 5.82 Å². The molecule has 4 nitrogen and oxygen atoms in total. The van der Waals surface area contributed by atoms with Crippen LogP contribution in [0.2, 0.25) is 5.02 Å². The average Bonchev–Trinajstić information content (AvgIpc) is 2.97. The molecule has 0 fully saturated rings. The van der Waals surface area contributed by atoms with Gasteiger partial charge in [-0.2, -0.15) is 0 Å². The SMILES string of the molecule is COc1ccc(-n2cc(-c3ccc(F)cc3Cl)nn2)cc1. The second-order valence-corrected chi connectivity index (χ2v) is 4.78. The van der Waals surface area contributed by atoms with Gasteiger partial charge < -0.3 is 4.74 Å². The van der Waals surface area contributed by atoms with Crippen LogP contribution in [-0.4, -0.2) is 22.1 Å². The van der Waals surface area contributed by atoms with Gasteiger partial charge in [-0.05, 0) is 42.5 Å². The molecule has 0 bridgehead atoms. The summed E-state index contributed by atoms with van der Waals surface area (Å²) >= 11 is 6.03. The quantitative estimate of drug-likeness (QED) is 0.740. The molecule has 1 heterocycles. The maximum atomic E-state index is 13.1. The first-order chi connectivity index (χ1) is 10.2. The van der Waals surface area contributed by atoms with Crippen molar-refractivity contribution >= 4 is 11.6 Å². The molecule has 21 heavy (non-hydrogen) atoms. The Morgan fingerprint density at radius 3 is 2.57 bits per heavy atom. The minimum absolute atomic E-state index is 0.303. The first kappa shape index (κ1) is 13.6. The first-order valence-corrected chi connectivity index (χ1v) is 6.57. The lowest BCUT2D eigenvalue weighted by Gasteiger charge is -2.02. The molecular formula is C15H11ClFN3O. The van der Waals surface area contributed by atoms with E-state index in [1.807, 2.05) is 24.3 Å². The number of benzene rings is 2. The van der Waals surface area contributed by atoms with Gasteiger partial charge in [0.25, 0.3) is 0 Å². The largest absolute Gasteiger partial charge is 0.497 e. The molecule has 0 aliphatic rings. The summed E-state index contributed by atoms with van der Waals surface area (Å²) in [4.78, 5) is 0. The fourth-order valence-corrected chi connectivity index (χ4v) is 2.21. The summed E-state index contributed by atoms with van der Waals surface area (Å²) in [5.41, 5.74) is 2.06. The van der Waals surface area contributed by atoms with Crippen LogP contribution in [0.15, 0.2) is 48.7 Å². The van der Waals surface area contributed by atoms with Crippen LogP contribution in [0.4, 0.5) is 4.39 Å². The molecule has 0 aliphatic carbocycles. The Bertz CT molecular complexity index is 771. The lowest BCUT2D eigenvalue weighted by molar-refractivity contribution is 0.414. The van der Waals surface area contributed by atoms with Crippen molar-refractivity contribution in [3.05, 3.63) is 59.5 Å². The van der Waals surface area contributed by atoms with Crippen LogP contribution < -0.4 is 4.74 Å². The molecule has 0 aliphatic heterocycles. The highest BCUT2D eigenvalue weighted by Gasteiger charge is 2.10. The van der Waals surface area contributed by atoms with Gasteiger partial charge in [-0.25, -0.2) is 9.07 Å². The van der Waals surface area contributed by atoms with Crippen molar-refractivity contribution in [2.45, 2.75) is 0 Å². The van der Waals surface area contributed by atoms with Crippen LogP contribution in [0.1, 0.15) is 0 Å². The highest BCUT2D eigenvalue weighted by molar-refractivity contribution is 6.33. The number of halogens is 2. The van der Waals surface area contributed by atoms with E-state index in [4.69, 9.17) is 16.3 Å². The Morgan fingerprint density at radius 1 is 1.14 bits per heavy atom. The topological polar surface area (TPSA) is 39.9 Å². The van der Waals surface area contributed by atoms with Gasteiger partial charge in [0.15, 0.2) is 0 Å². The Kier molecular flexibility index (Phi) is 3.58. The number of hydrogen-bond donors (Lipinski definition) is 0. The van der Waals surface area contributed by atoms with Crippen molar-refractivity contribution in [1.29, 1.82) is 0 Å². The van der Waals surface area contributed by atoms with Crippen molar-refractivity contribution in [3.8, 4) is 22.7 Å². The molecule has 0 N–H and O–H groups in total. The van der Waals surface area contributed by atoms with Crippen LogP contribution >= 0.6 is 11.6 Å². The monoisotopic (exact) mass is 303 g/mol. The molecular weight excluding hydrogens is 293 g/mol. The van der Waals surface area contributed by atoms with E-state index >= 15 is 0 Å². The maximum Gasteiger partial charge on any atom is 0.124 e. The summed E-state index contributed by atoms with van der Waals surface area (Å²) in [5.74, 6) is 0.381. The van der Waals surface area contributed by atoms with Gasteiger partial charge in [0.2, 0.25) is 0 Å². The van der Waals surface area contributed by atoms with E-state index in [1.54, 1.807) is 24.1 Å². The van der Waals surface area contributed by atoms with Gasteiger partial charge in [-0.15, -0.1) is 5.10 Å². The number of rotatable bonds is 3. The predicted octanol–water partition coefficient (Wildman–Crippen LogP) is 3.74. The normalized spacial score (nSPS) is 10.6. The minimum atomic E-state index is -0.383. The molecule has 0 atom stereocenters. The molecule has 0 unspecified atom stereocenters. The van der Waals surface area contributed by atoms with Crippen LogP contribution in [0, 0.1) is 5.82 Å². The molecule has 0 spiro atoms. The molecule has 0 saturated heterocycles. The molecule has 6 heteroatoms. The Hall–Kier alpha value is -2.40. The van der Waals surface area contributed by atoms with Crippen LogP contribution in [0.25, 0.3) is 16.9 Å². The lowest BCUT2D eigenvalue weighted by atomic mass is 10.1. The third-order valence-corrected chi connectivity index (χ3v) is 3.35. The second kappa shape index (κ2) is 5.54. The fourth-order valence-electron chi connectivity index (χ4n) is 1.95. The molecule has 0 amide bonds. The molecule has 3 rings (SSSR count). The molecule has 1 aromatic heterocycles. The van der Waals surface area contributed by atoms with Gasteiger partial charge >= 0.3 is 0 Å². The third-order valence-electron chi connectivity index (χ3n) is 3.04. The van der Waals surface area contributed by atoms with Crippen molar-refractivity contribution in [2.24, 2.45) is 0 Å². The van der Waals surface area contributed by atoms with E-state index in [2.05, 4.69) is 10.3 Å². The zero-order valence-electron chi connectivity index (χ0n) is 11.1. The molecule has 0 saturated carbocycles. The van der Waals surface area contributed by atoms with Crippen molar-refractivity contribution < 1.29 is 9.13 Å². The van der Waals surface area contributed by atoms with E-state index in [0.29, 0.717) is 16.3 Å². The zero-order chi connectivity index (χ0) is 14.8. The zero-order valence-corrected chi connectivity index (χ0v) is 11.9. The Morgan fingerprint density at radius 2 is 1.90 bits per heavy atom. The second-order valence-electron chi connectivity index (χ2n) is 4.37. The molecule has 106 valence electrons. The van der Waals surface area contributed by atoms with Gasteiger partial charge in [0, 0.05) is 5.56 Å². The van der Waals surface area contributed by atoms with Gasteiger partial charge in [0.05, 0.1) is 24.0 Å². The Balaban J connectivity index is 1.95. The van der Waals surface area contributed by atoms with E-state index in [9.17, 15) is 4.39 Å². The van der Waals surface area contributed by atoms with E-state index in [1.165, 1.54) is 12.1 Å². The van der Waals surface area contributed by atoms with Gasteiger partial charge in [0.1, 0.15) is 17.3 Å². The third kappa shape index (κ3) is 2.73. The predicted molar refractivity (Wildman–Crippen MR) is 78.3 cm³/mol. The van der Waals surface area contributed by atoms with Crippen molar-refractivity contribution in [3.63, 3.8) is 0 Å². The Labute approximate surface area is 125 Å². The summed E-state index contributed by atoms with van der Waals surface area (Å²) < 4.78 is 19.8. The summed E-state index contributed by atoms with van der Waals surface area (Å²) in [5, 5.41) is 8.43. The van der Waals surface area contributed by atoms with Gasteiger partial charge in [-0.3, -0.25) is 0 Å². The number of nitrogens with zero attached hydrogens (tertiary/aromatic N) is 3. The van der Waals surface area contributed by atoms with Crippen molar-refractivity contribution in [1.82, 2.24) is 15.0 Å². The van der Waals surface area contributed by atoms with Crippen LogP contribution in [0.5, 0.6) is 5.75 Å². The number of hydrogen-bond acceptors (Lipinski definition) is 3. The number of aromatic nitrogens is 3. The summed E-state index contributed by atoms with van der Waals surface area (Å²) in [6.45, 7) is 0. The minimum Gasteiger partial charge on any atom is -0.497 e. The maximum absolute atomic E-state index is 13.1. The summed E-state index contributed by atoms with van der Waals surface area (Å²) in [7, 11) is 1.61. The molecule has 2 aromatic carbocycles. The molecule has 3 aromatic rings. The number of methoxy groups -OCH3 is 1. The summed E-state index contributed by atoms with van der Waals surface area (Å²) in [6.07, 6.45) is 1.74. The highest BCUT2D eigenvalue weighted by Crippen LogP contribution is 2.27. The van der Waals surface area contributed by atoms with Crippen molar-refractivity contribution in [2.75, 3.05) is 7.11 Å². The highest BCUT2D eigenvalue weighted by atomic mass is 35.5. The fraction of sp³-hybridized carbons (Fsp3) is 0.0667. The standard InChI is InChI=1S/C15H11ClFN3O/c1-21-12-5-3-11(4-6-12)20-9-15(18-19-20)13-7-2-10(17)8-14(13)16/h2-9H,1H3. The van der Waals surface area contributed by atoms with Crippen LogP contribution in [0.3, 0.4) is 0 Å². The van der Waals surface area contributed by atoms with E-state index in [0.717, 1.165) is 11.4 Å². The lowest BCUT2D eigenvalue weighted by Crippen LogP contribution is -1.94. The first-order valence-electron chi connectivity index (χ1n) is 6.19. The average molecular weight is 304 g/mol. The number of ether oxygens (including phenoxy) is 1. The van der Waals surface area contributed by atoms with Gasteiger partial charge in [-0.1, -0.05) is 16.8 Å². The van der Waals surface area contributed by atoms with Crippen LogP contribution in [-0.2, 0) is 0 Å². The smallest absolute Gasteiger partial charge is 0.124 e. The molecule has 0 radical (unpaired) electrons.